The fourth-order valence-corrected chi connectivity index (χ4v) is 2.94. The first-order chi connectivity index (χ1) is 8.35. The second kappa shape index (κ2) is 4.58. The Balaban J connectivity index is 1.93. The SMILES string of the molecule is CCC1OCCC1c1nnc(CCl)n1C1CC1. The van der Waals surface area contributed by atoms with Crippen LogP contribution in [0.15, 0.2) is 0 Å². The average molecular weight is 256 g/mol. The van der Waals surface area contributed by atoms with E-state index in [4.69, 9.17) is 16.3 Å². The van der Waals surface area contributed by atoms with Gasteiger partial charge in [0.05, 0.1) is 12.0 Å². The molecule has 17 heavy (non-hydrogen) atoms. The van der Waals surface area contributed by atoms with Crippen LogP contribution in [0.25, 0.3) is 0 Å². The monoisotopic (exact) mass is 255 g/mol. The third kappa shape index (κ3) is 1.97. The highest BCUT2D eigenvalue weighted by Crippen LogP contribution is 2.41. The van der Waals surface area contributed by atoms with Gasteiger partial charge in [0.2, 0.25) is 0 Å². The maximum atomic E-state index is 5.94. The lowest BCUT2D eigenvalue weighted by Crippen LogP contribution is -2.18. The molecule has 0 aromatic carbocycles. The molecule has 1 aliphatic carbocycles. The van der Waals surface area contributed by atoms with Crippen molar-refractivity contribution in [1.82, 2.24) is 14.8 Å². The second-order valence-corrected chi connectivity index (χ2v) is 5.19. The molecule has 0 spiro atoms. The predicted octanol–water partition coefficient (Wildman–Crippen LogP) is 2.63. The summed E-state index contributed by atoms with van der Waals surface area (Å²) >= 11 is 5.94. The standard InChI is InChI=1S/C12H18ClN3O/c1-2-10-9(5-6-17-10)12-15-14-11(7-13)16(12)8-3-4-8/h8-10H,2-7H2,1H3. The van der Waals surface area contributed by atoms with Gasteiger partial charge in [-0.3, -0.25) is 0 Å². The van der Waals surface area contributed by atoms with Crippen molar-refractivity contribution >= 4 is 11.6 Å². The molecule has 0 radical (unpaired) electrons. The molecule has 0 bridgehead atoms. The van der Waals surface area contributed by atoms with Gasteiger partial charge in [-0.2, -0.15) is 0 Å². The molecule has 3 rings (SSSR count). The molecule has 0 N–H and O–H groups in total. The van der Waals surface area contributed by atoms with Crippen LogP contribution in [0.1, 0.15) is 56.2 Å². The summed E-state index contributed by atoms with van der Waals surface area (Å²) < 4.78 is 8.03. The lowest BCUT2D eigenvalue weighted by molar-refractivity contribution is 0.0988. The van der Waals surface area contributed by atoms with Crippen LogP contribution in [0.5, 0.6) is 0 Å². The quantitative estimate of drug-likeness (QED) is 0.777. The smallest absolute Gasteiger partial charge is 0.148 e. The summed E-state index contributed by atoms with van der Waals surface area (Å²) in [4.78, 5) is 0. The summed E-state index contributed by atoms with van der Waals surface area (Å²) in [6, 6.07) is 0.590. The zero-order valence-electron chi connectivity index (χ0n) is 10.1. The summed E-state index contributed by atoms with van der Waals surface area (Å²) in [5, 5.41) is 8.61. The van der Waals surface area contributed by atoms with Gasteiger partial charge in [0.1, 0.15) is 11.6 Å². The predicted molar refractivity (Wildman–Crippen MR) is 65.2 cm³/mol. The highest BCUT2D eigenvalue weighted by molar-refractivity contribution is 6.16. The molecule has 5 heteroatoms. The number of hydrogen-bond acceptors (Lipinski definition) is 3. The van der Waals surface area contributed by atoms with Crippen molar-refractivity contribution < 1.29 is 4.74 Å². The third-order valence-electron chi connectivity index (χ3n) is 3.77. The van der Waals surface area contributed by atoms with Crippen molar-refractivity contribution in [3.63, 3.8) is 0 Å². The molecule has 1 saturated heterocycles. The van der Waals surface area contributed by atoms with Crippen LogP contribution in [0.3, 0.4) is 0 Å². The zero-order chi connectivity index (χ0) is 11.8. The van der Waals surface area contributed by atoms with Crippen molar-refractivity contribution in [1.29, 1.82) is 0 Å². The first-order valence-corrected chi connectivity index (χ1v) is 6.99. The molecule has 1 saturated carbocycles. The highest BCUT2D eigenvalue weighted by Gasteiger charge is 2.37. The van der Waals surface area contributed by atoms with E-state index in [2.05, 4.69) is 21.7 Å². The van der Waals surface area contributed by atoms with Crippen molar-refractivity contribution in [2.24, 2.45) is 0 Å². The molecular formula is C12H18ClN3O. The summed E-state index contributed by atoms with van der Waals surface area (Å²) in [5.74, 6) is 2.89. The Morgan fingerprint density at radius 1 is 1.35 bits per heavy atom. The van der Waals surface area contributed by atoms with Crippen molar-refractivity contribution in [3.05, 3.63) is 11.6 Å². The molecule has 1 aromatic rings. The minimum atomic E-state index is 0.305. The number of ether oxygens (including phenoxy) is 1. The van der Waals surface area contributed by atoms with E-state index in [1.54, 1.807) is 0 Å². The Morgan fingerprint density at radius 2 is 2.18 bits per heavy atom. The Kier molecular flexibility index (Phi) is 3.09. The first-order valence-electron chi connectivity index (χ1n) is 6.46. The van der Waals surface area contributed by atoms with Crippen LogP contribution in [0.2, 0.25) is 0 Å². The fourth-order valence-electron chi connectivity index (χ4n) is 2.76. The lowest BCUT2D eigenvalue weighted by atomic mass is 9.98. The van der Waals surface area contributed by atoms with E-state index in [0.29, 0.717) is 23.9 Å². The van der Waals surface area contributed by atoms with E-state index in [-0.39, 0.29) is 0 Å². The Morgan fingerprint density at radius 3 is 2.82 bits per heavy atom. The minimum Gasteiger partial charge on any atom is -0.377 e. The number of alkyl halides is 1. The zero-order valence-corrected chi connectivity index (χ0v) is 10.9. The number of hydrogen-bond donors (Lipinski definition) is 0. The van der Waals surface area contributed by atoms with Crippen LogP contribution < -0.4 is 0 Å². The Hall–Kier alpha value is -0.610. The summed E-state index contributed by atoms with van der Waals surface area (Å²) in [6.45, 7) is 3.01. The maximum Gasteiger partial charge on any atom is 0.148 e. The van der Waals surface area contributed by atoms with Crippen LogP contribution in [-0.4, -0.2) is 27.5 Å². The number of rotatable bonds is 4. The topological polar surface area (TPSA) is 39.9 Å². The number of aromatic nitrogens is 3. The van der Waals surface area contributed by atoms with Gasteiger partial charge in [-0.05, 0) is 25.7 Å². The van der Waals surface area contributed by atoms with Crippen LogP contribution in [-0.2, 0) is 10.6 Å². The largest absolute Gasteiger partial charge is 0.377 e. The molecule has 94 valence electrons. The lowest BCUT2D eigenvalue weighted by Gasteiger charge is -2.17. The summed E-state index contributed by atoms with van der Waals surface area (Å²) in [6.07, 6.45) is 4.88. The summed E-state index contributed by atoms with van der Waals surface area (Å²) in [7, 11) is 0. The van der Waals surface area contributed by atoms with Crippen LogP contribution in [0.4, 0.5) is 0 Å². The molecule has 4 nitrogen and oxygen atoms in total. The Bertz CT molecular complexity index is 402. The fraction of sp³-hybridized carbons (Fsp3) is 0.833. The molecule has 1 aromatic heterocycles. The highest BCUT2D eigenvalue weighted by atomic mass is 35.5. The molecule has 1 aliphatic heterocycles. The van der Waals surface area contributed by atoms with Gasteiger partial charge >= 0.3 is 0 Å². The van der Waals surface area contributed by atoms with E-state index >= 15 is 0 Å². The molecular weight excluding hydrogens is 238 g/mol. The van der Waals surface area contributed by atoms with E-state index in [0.717, 1.165) is 31.1 Å². The van der Waals surface area contributed by atoms with Gasteiger partial charge in [-0.15, -0.1) is 21.8 Å². The second-order valence-electron chi connectivity index (χ2n) is 4.92. The normalized spacial score (nSPS) is 28.8. The first kappa shape index (κ1) is 11.5. The third-order valence-corrected chi connectivity index (χ3v) is 4.01. The van der Waals surface area contributed by atoms with E-state index < -0.39 is 0 Å². The van der Waals surface area contributed by atoms with Gasteiger partial charge in [0, 0.05) is 18.6 Å². The van der Waals surface area contributed by atoms with E-state index in [1.165, 1.54) is 12.8 Å². The average Bonchev–Trinajstić information content (AvgIpc) is 2.94. The van der Waals surface area contributed by atoms with Crippen molar-refractivity contribution in [2.75, 3.05) is 6.61 Å². The minimum absolute atomic E-state index is 0.305. The Labute approximate surface area is 106 Å². The van der Waals surface area contributed by atoms with Gasteiger partial charge in [0.25, 0.3) is 0 Å². The van der Waals surface area contributed by atoms with Crippen molar-refractivity contribution in [3.8, 4) is 0 Å². The van der Waals surface area contributed by atoms with Crippen molar-refractivity contribution in [2.45, 2.75) is 56.6 Å². The van der Waals surface area contributed by atoms with Crippen LogP contribution in [0, 0.1) is 0 Å². The van der Waals surface area contributed by atoms with E-state index in [9.17, 15) is 0 Å². The number of nitrogens with zero attached hydrogens (tertiary/aromatic N) is 3. The molecule has 2 fully saturated rings. The molecule has 2 atom stereocenters. The van der Waals surface area contributed by atoms with E-state index in [1.807, 2.05) is 0 Å². The molecule has 2 aliphatic rings. The number of halogens is 1. The van der Waals surface area contributed by atoms with Crippen LogP contribution >= 0.6 is 11.6 Å². The maximum absolute atomic E-state index is 5.94. The molecule has 2 unspecified atom stereocenters. The van der Waals surface area contributed by atoms with Gasteiger partial charge in [-0.1, -0.05) is 6.92 Å². The summed E-state index contributed by atoms with van der Waals surface area (Å²) in [5.41, 5.74) is 0. The molecule has 0 amide bonds. The van der Waals surface area contributed by atoms with Gasteiger partial charge in [-0.25, -0.2) is 0 Å². The molecule has 2 heterocycles. The van der Waals surface area contributed by atoms with Gasteiger partial charge < -0.3 is 9.30 Å². The van der Waals surface area contributed by atoms with Gasteiger partial charge in [0.15, 0.2) is 0 Å².